The minimum atomic E-state index is -0.254. The predicted octanol–water partition coefficient (Wildman–Crippen LogP) is 2.51. The molecule has 86 valence electrons. The fourth-order valence-electron chi connectivity index (χ4n) is 1.89. The van der Waals surface area contributed by atoms with Gasteiger partial charge in [0.25, 0.3) is 0 Å². The average Bonchev–Trinajstić information content (AvgIpc) is 2.68. The molecule has 0 aliphatic carbocycles. The lowest BCUT2D eigenvalue weighted by Gasteiger charge is -2.18. The monoisotopic (exact) mass is 227 g/mol. The molecule has 3 heteroatoms. The van der Waals surface area contributed by atoms with Crippen molar-refractivity contribution in [2.75, 3.05) is 0 Å². The molecule has 0 bridgehead atoms. The highest BCUT2D eigenvalue weighted by Gasteiger charge is 2.18. The molecule has 1 atom stereocenters. The highest BCUT2D eigenvalue weighted by molar-refractivity contribution is 5.31. The van der Waals surface area contributed by atoms with Gasteiger partial charge in [0.05, 0.1) is 6.04 Å². The van der Waals surface area contributed by atoms with Crippen molar-refractivity contribution in [3.8, 4) is 24.1 Å². The fourth-order valence-corrected chi connectivity index (χ4v) is 1.89. The minimum Gasteiger partial charge on any atom is -0.494 e. The highest BCUT2D eigenvalue weighted by Crippen LogP contribution is 2.32. The van der Waals surface area contributed by atoms with Crippen LogP contribution in [0.4, 0.5) is 0 Å². The van der Waals surface area contributed by atoms with Crippen molar-refractivity contribution in [3.63, 3.8) is 0 Å². The normalized spacial score (nSPS) is 11.9. The molecule has 0 amide bonds. The van der Waals surface area contributed by atoms with Crippen LogP contribution in [0.25, 0.3) is 0 Å². The smallest absolute Gasteiger partial charge is 0.194 e. The van der Waals surface area contributed by atoms with Crippen LogP contribution >= 0.6 is 0 Å². The number of hydrogen-bond acceptors (Lipinski definition) is 2. The first kappa shape index (κ1) is 11.2. The van der Waals surface area contributed by atoms with Crippen molar-refractivity contribution >= 4 is 0 Å². The summed E-state index contributed by atoms with van der Waals surface area (Å²) in [6, 6.07) is 12.2. The first-order chi connectivity index (χ1) is 8.24. The van der Waals surface area contributed by atoms with Gasteiger partial charge >= 0.3 is 0 Å². The lowest BCUT2D eigenvalue weighted by molar-refractivity contribution is 0.351. The predicted molar refractivity (Wildman–Crippen MR) is 65.8 cm³/mol. The van der Waals surface area contributed by atoms with Crippen LogP contribution in [0.15, 0.2) is 42.5 Å². The topological polar surface area (TPSA) is 45.4 Å². The van der Waals surface area contributed by atoms with Gasteiger partial charge in [-0.25, -0.2) is 0 Å². The summed E-state index contributed by atoms with van der Waals surface area (Å²) >= 11 is 0. The van der Waals surface area contributed by atoms with Crippen molar-refractivity contribution in [2.24, 2.45) is 0 Å². The summed E-state index contributed by atoms with van der Waals surface area (Å²) in [7, 11) is 0. The lowest BCUT2D eigenvalue weighted by atomic mass is 10.0. The second-order valence-electron chi connectivity index (χ2n) is 3.75. The number of nitrogens with zero attached hydrogens (tertiary/aromatic N) is 1. The van der Waals surface area contributed by atoms with Gasteiger partial charge in [0, 0.05) is 18.6 Å². The van der Waals surface area contributed by atoms with Gasteiger partial charge in [-0.2, -0.15) is 0 Å². The van der Waals surface area contributed by atoms with Crippen LogP contribution in [-0.2, 0) is 0 Å². The molecule has 2 rings (SSSR count). The molecule has 2 N–H and O–H groups in total. The molecule has 1 aromatic heterocycles. The van der Waals surface area contributed by atoms with E-state index in [9.17, 15) is 10.2 Å². The van der Waals surface area contributed by atoms with E-state index in [1.807, 2.05) is 30.3 Å². The summed E-state index contributed by atoms with van der Waals surface area (Å²) in [5.74, 6) is 2.58. The van der Waals surface area contributed by atoms with E-state index >= 15 is 0 Å². The maximum Gasteiger partial charge on any atom is 0.194 e. The molecule has 0 fully saturated rings. The first-order valence-electron chi connectivity index (χ1n) is 5.31. The molecule has 0 radical (unpaired) electrons. The molecule has 3 nitrogen and oxygen atoms in total. The van der Waals surface area contributed by atoms with E-state index in [2.05, 4.69) is 5.92 Å². The number of benzene rings is 1. The Bertz CT molecular complexity index is 518. The summed E-state index contributed by atoms with van der Waals surface area (Å²) in [6.07, 6.45) is 5.75. The SMILES string of the molecule is C#CCC(c1ccccc1)n1c(O)ccc1O. The van der Waals surface area contributed by atoms with E-state index in [0.717, 1.165) is 5.56 Å². The Hall–Kier alpha value is -2.34. The van der Waals surface area contributed by atoms with Crippen LogP contribution < -0.4 is 0 Å². The Kier molecular flexibility index (Phi) is 3.06. The van der Waals surface area contributed by atoms with Gasteiger partial charge in [0.2, 0.25) is 0 Å². The molecular weight excluding hydrogens is 214 g/mol. The summed E-state index contributed by atoms with van der Waals surface area (Å²) in [5.41, 5.74) is 0.951. The third-order valence-electron chi connectivity index (χ3n) is 2.68. The fraction of sp³-hybridized carbons (Fsp3) is 0.143. The van der Waals surface area contributed by atoms with Crippen LogP contribution in [0.2, 0.25) is 0 Å². The van der Waals surface area contributed by atoms with E-state index in [4.69, 9.17) is 6.42 Å². The molecule has 0 spiro atoms. The minimum absolute atomic E-state index is 0.00611. The Morgan fingerprint density at radius 1 is 1.06 bits per heavy atom. The summed E-state index contributed by atoms with van der Waals surface area (Å²) in [6.45, 7) is 0. The van der Waals surface area contributed by atoms with Gasteiger partial charge in [-0.1, -0.05) is 30.3 Å². The molecule has 1 aromatic carbocycles. The molecule has 0 aliphatic heterocycles. The van der Waals surface area contributed by atoms with E-state index in [1.165, 1.54) is 16.7 Å². The zero-order valence-electron chi connectivity index (χ0n) is 9.24. The van der Waals surface area contributed by atoms with Gasteiger partial charge in [0.1, 0.15) is 0 Å². The number of aromatic hydroxyl groups is 2. The van der Waals surface area contributed by atoms with Crippen molar-refractivity contribution in [1.29, 1.82) is 0 Å². The van der Waals surface area contributed by atoms with Gasteiger partial charge < -0.3 is 10.2 Å². The Morgan fingerprint density at radius 2 is 1.65 bits per heavy atom. The highest BCUT2D eigenvalue weighted by atomic mass is 16.3. The van der Waals surface area contributed by atoms with Gasteiger partial charge in [-0.3, -0.25) is 4.57 Å². The van der Waals surface area contributed by atoms with E-state index < -0.39 is 0 Å². The summed E-state index contributed by atoms with van der Waals surface area (Å²) in [5, 5.41) is 19.4. The largest absolute Gasteiger partial charge is 0.494 e. The van der Waals surface area contributed by atoms with Gasteiger partial charge in [-0.05, 0) is 5.56 Å². The molecule has 0 saturated carbocycles. The molecule has 17 heavy (non-hydrogen) atoms. The number of hydrogen-bond donors (Lipinski definition) is 2. The third-order valence-corrected chi connectivity index (χ3v) is 2.68. The molecule has 0 aliphatic rings. The van der Waals surface area contributed by atoms with Gasteiger partial charge in [0.15, 0.2) is 11.8 Å². The molecular formula is C14H13NO2. The van der Waals surface area contributed by atoms with Crippen molar-refractivity contribution in [1.82, 2.24) is 4.57 Å². The zero-order valence-corrected chi connectivity index (χ0v) is 9.24. The van der Waals surface area contributed by atoms with Crippen molar-refractivity contribution < 1.29 is 10.2 Å². The van der Waals surface area contributed by atoms with E-state index in [-0.39, 0.29) is 17.8 Å². The molecule has 2 aromatic rings. The standard InChI is InChI=1S/C14H13NO2/c1-2-6-12(11-7-4-3-5-8-11)15-13(16)9-10-14(15)17/h1,3-5,7-10,12,16-17H,6H2. The summed E-state index contributed by atoms with van der Waals surface area (Å²) < 4.78 is 1.43. The maximum atomic E-state index is 9.72. The lowest BCUT2D eigenvalue weighted by Crippen LogP contribution is -2.09. The second-order valence-corrected chi connectivity index (χ2v) is 3.75. The zero-order chi connectivity index (χ0) is 12.3. The molecule has 0 saturated heterocycles. The van der Waals surface area contributed by atoms with Crippen LogP contribution in [0.3, 0.4) is 0 Å². The van der Waals surface area contributed by atoms with E-state index in [1.54, 1.807) is 0 Å². The first-order valence-corrected chi connectivity index (χ1v) is 5.31. The Balaban J connectivity index is 2.47. The number of rotatable bonds is 3. The molecule has 1 unspecified atom stereocenters. The number of terminal acetylenes is 1. The van der Waals surface area contributed by atoms with Crippen molar-refractivity contribution in [2.45, 2.75) is 12.5 Å². The number of aromatic nitrogens is 1. The van der Waals surface area contributed by atoms with Crippen molar-refractivity contribution in [3.05, 3.63) is 48.0 Å². The average molecular weight is 227 g/mol. The third kappa shape index (κ3) is 2.11. The van der Waals surface area contributed by atoms with Crippen LogP contribution in [-0.4, -0.2) is 14.8 Å². The van der Waals surface area contributed by atoms with Crippen LogP contribution in [0.1, 0.15) is 18.0 Å². The van der Waals surface area contributed by atoms with Gasteiger partial charge in [-0.15, -0.1) is 12.3 Å². The second kappa shape index (κ2) is 4.67. The molecule has 1 heterocycles. The quantitative estimate of drug-likeness (QED) is 0.791. The van der Waals surface area contributed by atoms with Crippen LogP contribution in [0.5, 0.6) is 11.8 Å². The summed E-state index contributed by atoms with van der Waals surface area (Å²) in [4.78, 5) is 0. The Labute approximate surface area is 100.0 Å². The van der Waals surface area contributed by atoms with Crippen LogP contribution in [0, 0.1) is 12.3 Å². The van der Waals surface area contributed by atoms with E-state index in [0.29, 0.717) is 6.42 Å². The maximum absolute atomic E-state index is 9.72. The Morgan fingerprint density at radius 3 is 2.18 bits per heavy atom.